The lowest BCUT2D eigenvalue weighted by Crippen LogP contribution is -2.47. The molecule has 2 aromatic carbocycles. The summed E-state index contributed by atoms with van der Waals surface area (Å²) < 4.78 is 5.62. The number of nitrogens with one attached hydrogen (secondary N) is 1. The molecule has 6 heteroatoms. The van der Waals surface area contributed by atoms with Gasteiger partial charge in [0.05, 0.1) is 24.1 Å². The van der Waals surface area contributed by atoms with Crippen LogP contribution in [0.2, 0.25) is 0 Å². The van der Waals surface area contributed by atoms with Gasteiger partial charge in [0.25, 0.3) is 0 Å². The third kappa shape index (κ3) is 4.85. The monoisotopic (exact) mass is 482 g/mol. The minimum absolute atomic E-state index is 0.0357. The Morgan fingerprint density at radius 2 is 1.72 bits per heavy atom. The second-order valence-electron chi connectivity index (χ2n) is 10.9. The molecule has 1 unspecified atom stereocenters. The molecule has 1 aliphatic heterocycles. The van der Waals surface area contributed by atoms with Crippen LogP contribution < -0.4 is 10.2 Å². The molecule has 1 atom stereocenters. The van der Waals surface area contributed by atoms with Gasteiger partial charge in [-0.3, -0.25) is 4.98 Å². The number of hydrogen-bond donors (Lipinski definition) is 1. The fourth-order valence-corrected chi connectivity index (χ4v) is 5.52. The number of rotatable bonds is 4. The molecule has 1 saturated heterocycles. The average molecular weight is 483 g/mol. The number of aromatic nitrogens is 2. The number of piperidine rings is 1. The molecule has 1 N–H and O–H groups in total. The SMILES string of the molecule is C=C(c1ccccc1)c1cnc(N2CCC3(CC2)Cc2ccccc2C3NC(=O)OC(C)(C)C)cn1. The Labute approximate surface area is 213 Å². The second kappa shape index (κ2) is 9.41. The first-order chi connectivity index (χ1) is 17.2. The number of ether oxygens (including phenoxy) is 1. The summed E-state index contributed by atoms with van der Waals surface area (Å²) in [6, 6.07) is 18.4. The van der Waals surface area contributed by atoms with E-state index in [1.807, 2.05) is 63.5 Å². The van der Waals surface area contributed by atoms with Crippen LogP contribution in [0.1, 0.15) is 62.0 Å². The van der Waals surface area contributed by atoms with Gasteiger partial charge in [-0.2, -0.15) is 0 Å². The van der Waals surface area contributed by atoms with E-state index in [4.69, 9.17) is 9.72 Å². The molecular formula is C30H34N4O2. The van der Waals surface area contributed by atoms with Gasteiger partial charge in [-0.1, -0.05) is 61.2 Å². The van der Waals surface area contributed by atoms with Crippen molar-refractivity contribution in [3.8, 4) is 0 Å². The number of nitrogens with zero attached hydrogens (tertiary/aromatic N) is 3. The average Bonchev–Trinajstić information content (AvgIpc) is 3.16. The first kappa shape index (κ1) is 24.0. The normalized spacial score (nSPS) is 18.5. The summed E-state index contributed by atoms with van der Waals surface area (Å²) in [5.74, 6) is 0.877. The Kier molecular flexibility index (Phi) is 6.29. The van der Waals surface area contributed by atoms with E-state index in [2.05, 4.69) is 46.0 Å². The number of alkyl carbamates (subject to hydrolysis) is 1. The molecule has 0 bridgehead atoms. The molecule has 0 saturated carbocycles. The highest BCUT2D eigenvalue weighted by Gasteiger charge is 2.48. The van der Waals surface area contributed by atoms with Crippen molar-refractivity contribution in [3.63, 3.8) is 0 Å². The molecule has 3 aromatic rings. The summed E-state index contributed by atoms with van der Waals surface area (Å²) in [7, 11) is 0. The van der Waals surface area contributed by atoms with E-state index in [1.165, 1.54) is 11.1 Å². The van der Waals surface area contributed by atoms with Crippen LogP contribution in [0.4, 0.5) is 10.6 Å². The summed E-state index contributed by atoms with van der Waals surface area (Å²) in [6.45, 7) is 11.6. The summed E-state index contributed by atoms with van der Waals surface area (Å²) in [5, 5.41) is 3.22. The van der Waals surface area contributed by atoms with Gasteiger partial charge in [0, 0.05) is 24.1 Å². The standard InChI is InChI=1S/C30H34N4O2/c1-21(22-10-6-5-7-11-22)25-19-32-26(20-31-25)34-16-14-30(15-17-34)18-23-12-8-9-13-24(23)27(30)33-28(35)36-29(2,3)4/h5-13,19-20,27H,1,14-18H2,2-4H3,(H,33,35). The predicted octanol–water partition coefficient (Wildman–Crippen LogP) is 5.95. The van der Waals surface area contributed by atoms with Gasteiger partial charge in [0.2, 0.25) is 0 Å². The van der Waals surface area contributed by atoms with Crippen LogP contribution in [0, 0.1) is 5.41 Å². The van der Waals surface area contributed by atoms with E-state index in [0.29, 0.717) is 0 Å². The topological polar surface area (TPSA) is 67.4 Å². The van der Waals surface area contributed by atoms with Crippen LogP contribution in [0.3, 0.4) is 0 Å². The van der Waals surface area contributed by atoms with E-state index >= 15 is 0 Å². The van der Waals surface area contributed by atoms with E-state index in [9.17, 15) is 4.79 Å². The molecule has 2 heterocycles. The highest BCUT2D eigenvalue weighted by molar-refractivity contribution is 5.75. The Morgan fingerprint density at radius 3 is 2.39 bits per heavy atom. The van der Waals surface area contributed by atoms with Gasteiger partial charge < -0.3 is 15.0 Å². The Bertz CT molecular complexity index is 1240. The zero-order valence-electron chi connectivity index (χ0n) is 21.3. The lowest BCUT2D eigenvalue weighted by molar-refractivity contribution is 0.0428. The van der Waals surface area contributed by atoms with E-state index < -0.39 is 5.60 Å². The van der Waals surface area contributed by atoms with E-state index in [1.54, 1.807) is 0 Å². The number of amides is 1. The molecular weight excluding hydrogens is 448 g/mol. The number of carbonyl (C=O) groups is 1. The van der Waals surface area contributed by atoms with Crippen LogP contribution in [-0.4, -0.2) is 34.8 Å². The maximum absolute atomic E-state index is 12.8. The zero-order valence-corrected chi connectivity index (χ0v) is 21.3. The summed E-state index contributed by atoms with van der Waals surface area (Å²) in [5.41, 5.74) is 4.65. The van der Waals surface area contributed by atoms with Crippen LogP contribution >= 0.6 is 0 Å². The molecule has 1 fully saturated rings. The van der Waals surface area contributed by atoms with Crippen molar-refractivity contribution >= 4 is 17.5 Å². The number of benzene rings is 2. The molecule has 1 aromatic heterocycles. The van der Waals surface area contributed by atoms with Gasteiger partial charge >= 0.3 is 6.09 Å². The summed E-state index contributed by atoms with van der Waals surface area (Å²) >= 11 is 0. The van der Waals surface area contributed by atoms with Crippen molar-refractivity contribution in [2.75, 3.05) is 18.0 Å². The molecule has 1 amide bonds. The van der Waals surface area contributed by atoms with Crippen molar-refractivity contribution in [3.05, 3.63) is 96.0 Å². The fraction of sp³-hybridized carbons (Fsp3) is 0.367. The zero-order chi connectivity index (χ0) is 25.3. The minimum Gasteiger partial charge on any atom is -0.444 e. The van der Waals surface area contributed by atoms with Gasteiger partial charge in [0.15, 0.2) is 0 Å². The van der Waals surface area contributed by atoms with Crippen molar-refractivity contribution in [1.29, 1.82) is 0 Å². The van der Waals surface area contributed by atoms with E-state index in [0.717, 1.165) is 55.0 Å². The number of fused-ring (bicyclic) bond motifs is 1. The largest absolute Gasteiger partial charge is 0.444 e. The quantitative estimate of drug-likeness (QED) is 0.498. The van der Waals surface area contributed by atoms with Gasteiger partial charge in [0.1, 0.15) is 11.4 Å². The first-order valence-electron chi connectivity index (χ1n) is 12.6. The highest BCUT2D eigenvalue weighted by atomic mass is 16.6. The van der Waals surface area contributed by atoms with Gasteiger partial charge in [-0.15, -0.1) is 0 Å². The van der Waals surface area contributed by atoms with Crippen molar-refractivity contribution in [2.24, 2.45) is 5.41 Å². The Hall–Kier alpha value is -3.67. The smallest absolute Gasteiger partial charge is 0.408 e. The molecule has 1 spiro atoms. The molecule has 0 radical (unpaired) electrons. The Morgan fingerprint density at radius 1 is 1.03 bits per heavy atom. The summed E-state index contributed by atoms with van der Waals surface area (Å²) in [4.78, 5) is 24.4. The highest BCUT2D eigenvalue weighted by Crippen LogP contribution is 2.52. The third-order valence-electron chi connectivity index (χ3n) is 7.33. The van der Waals surface area contributed by atoms with Gasteiger partial charge in [-0.05, 0) is 56.7 Å². The lowest BCUT2D eigenvalue weighted by Gasteiger charge is -2.43. The van der Waals surface area contributed by atoms with Crippen LogP contribution in [0.15, 0.2) is 73.6 Å². The molecule has 186 valence electrons. The maximum Gasteiger partial charge on any atom is 0.408 e. The van der Waals surface area contributed by atoms with Crippen molar-refractivity contribution < 1.29 is 9.53 Å². The van der Waals surface area contributed by atoms with Crippen molar-refractivity contribution in [1.82, 2.24) is 15.3 Å². The lowest BCUT2D eigenvalue weighted by atomic mass is 9.72. The maximum atomic E-state index is 12.8. The van der Waals surface area contributed by atoms with Crippen LogP contribution in [-0.2, 0) is 11.2 Å². The number of anilines is 1. The van der Waals surface area contributed by atoms with E-state index in [-0.39, 0.29) is 17.6 Å². The van der Waals surface area contributed by atoms with Gasteiger partial charge in [-0.25, -0.2) is 9.78 Å². The molecule has 2 aliphatic rings. The Balaban J connectivity index is 1.30. The van der Waals surface area contributed by atoms with Crippen LogP contribution in [0.5, 0.6) is 0 Å². The predicted molar refractivity (Wildman–Crippen MR) is 143 cm³/mol. The molecule has 6 nitrogen and oxygen atoms in total. The summed E-state index contributed by atoms with van der Waals surface area (Å²) in [6.07, 6.45) is 6.16. The third-order valence-corrected chi connectivity index (χ3v) is 7.33. The molecule has 36 heavy (non-hydrogen) atoms. The molecule has 1 aliphatic carbocycles. The number of carbonyl (C=O) groups excluding carboxylic acids is 1. The fourth-order valence-electron chi connectivity index (χ4n) is 5.52. The minimum atomic E-state index is -0.532. The van der Waals surface area contributed by atoms with Crippen molar-refractivity contribution in [2.45, 2.75) is 51.7 Å². The molecule has 5 rings (SSSR count). The van der Waals surface area contributed by atoms with Crippen LogP contribution in [0.25, 0.3) is 5.57 Å². The second-order valence-corrected chi connectivity index (χ2v) is 10.9. The number of hydrogen-bond acceptors (Lipinski definition) is 5. The first-order valence-corrected chi connectivity index (χ1v) is 12.6.